The summed E-state index contributed by atoms with van der Waals surface area (Å²) < 4.78 is 36.9. The molecule has 0 spiro atoms. The zero-order valence-corrected chi connectivity index (χ0v) is 16.4. The molecule has 8 heteroatoms. The Balaban J connectivity index is 1.70. The Labute approximate surface area is 167 Å². The number of carbonyl (C=O) groups excluding carboxylic acids is 1. The van der Waals surface area contributed by atoms with E-state index >= 15 is 0 Å². The number of hydrogen-bond donors (Lipinski definition) is 1. The van der Waals surface area contributed by atoms with Gasteiger partial charge in [-0.3, -0.25) is 9.78 Å². The topological polar surface area (TPSA) is 76.1 Å². The van der Waals surface area contributed by atoms with Crippen molar-refractivity contribution in [1.82, 2.24) is 10.3 Å². The number of pyridine rings is 1. The number of nitrogens with one attached hydrogen (secondary N) is 1. The number of halogens is 2. The molecule has 28 heavy (non-hydrogen) atoms. The molecule has 2 aromatic carbocycles. The SMILES string of the molecule is CS(=O)(=O)c1ccc(CNC(=O)c2ccc(-c3ccccc3F)nc2)c(Cl)c1. The number of benzene rings is 2. The van der Waals surface area contributed by atoms with Gasteiger partial charge in [0.2, 0.25) is 0 Å². The first kappa shape index (κ1) is 20.0. The minimum atomic E-state index is -3.35. The summed E-state index contributed by atoms with van der Waals surface area (Å²) >= 11 is 6.10. The minimum Gasteiger partial charge on any atom is -0.348 e. The minimum absolute atomic E-state index is 0.112. The molecule has 0 saturated carbocycles. The summed E-state index contributed by atoms with van der Waals surface area (Å²) in [4.78, 5) is 16.6. The first-order valence-electron chi connectivity index (χ1n) is 8.23. The van der Waals surface area contributed by atoms with Gasteiger partial charge in [0.1, 0.15) is 5.82 Å². The Morgan fingerprint density at radius 1 is 1.14 bits per heavy atom. The molecule has 0 unspecified atom stereocenters. The average molecular weight is 419 g/mol. The Hall–Kier alpha value is -2.77. The van der Waals surface area contributed by atoms with Crippen LogP contribution in [0.5, 0.6) is 0 Å². The van der Waals surface area contributed by atoms with Crippen molar-refractivity contribution < 1.29 is 17.6 Å². The van der Waals surface area contributed by atoms with Crippen LogP contribution >= 0.6 is 11.6 Å². The summed E-state index contributed by atoms with van der Waals surface area (Å²) in [5.74, 6) is -0.768. The molecule has 1 heterocycles. The lowest BCUT2D eigenvalue weighted by atomic mass is 10.1. The molecule has 3 rings (SSSR count). The standard InChI is InChI=1S/C20H16ClFN2O3S/c1-28(26,27)15-8-6-13(17(21)10-15)11-24-20(25)14-7-9-19(23-12-14)16-4-2-3-5-18(16)22/h2-10,12H,11H2,1H3,(H,24,25). The molecule has 0 aliphatic heterocycles. The number of amides is 1. The molecule has 0 fully saturated rings. The highest BCUT2D eigenvalue weighted by atomic mass is 35.5. The highest BCUT2D eigenvalue weighted by molar-refractivity contribution is 7.90. The molecule has 1 N–H and O–H groups in total. The molecule has 1 amide bonds. The van der Waals surface area contributed by atoms with Gasteiger partial charge < -0.3 is 5.32 Å². The van der Waals surface area contributed by atoms with E-state index in [1.54, 1.807) is 36.4 Å². The highest BCUT2D eigenvalue weighted by Crippen LogP contribution is 2.22. The number of rotatable bonds is 5. The molecule has 1 aromatic heterocycles. The van der Waals surface area contributed by atoms with E-state index in [4.69, 9.17) is 11.6 Å². The Morgan fingerprint density at radius 2 is 1.89 bits per heavy atom. The summed E-state index contributed by atoms with van der Waals surface area (Å²) in [6.45, 7) is 0.122. The van der Waals surface area contributed by atoms with Gasteiger partial charge in [-0.25, -0.2) is 12.8 Å². The van der Waals surface area contributed by atoms with Crippen molar-refractivity contribution >= 4 is 27.3 Å². The third kappa shape index (κ3) is 4.55. The van der Waals surface area contributed by atoms with E-state index in [1.807, 2.05) is 0 Å². The third-order valence-electron chi connectivity index (χ3n) is 4.07. The second-order valence-electron chi connectivity index (χ2n) is 6.12. The Kier molecular flexibility index (Phi) is 5.76. The molecule has 0 radical (unpaired) electrons. The second kappa shape index (κ2) is 8.08. The normalized spacial score (nSPS) is 11.2. The quantitative estimate of drug-likeness (QED) is 0.682. The maximum atomic E-state index is 13.8. The zero-order chi connectivity index (χ0) is 20.3. The van der Waals surface area contributed by atoms with E-state index in [1.165, 1.54) is 24.4 Å². The summed E-state index contributed by atoms with van der Waals surface area (Å²) in [7, 11) is -3.35. The van der Waals surface area contributed by atoms with E-state index in [0.717, 1.165) is 6.26 Å². The smallest absolute Gasteiger partial charge is 0.253 e. The number of aromatic nitrogens is 1. The first-order valence-corrected chi connectivity index (χ1v) is 10.5. The molecule has 0 atom stereocenters. The van der Waals surface area contributed by atoms with E-state index in [0.29, 0.717) is 22.4 Å². The molecular formula is C20H16ClFN2O3S. The van der Waals surface area contributed by atoms with Crippen LogP contribution < -0.4 is 5.32 Å². The summed E-state index contributed by atoms with van der Waals surface area (Å²) in [5.41, 5.74) is 1.67. The summed E-state index contributed by atoms with van der Waals surface area (Å²) in [6.07, 6.45) is 2.46. The lowest BCUT2D eigenvalue weighted by Crippen LogP contribution is -2.23. The second-order valence-corrected chi connectivity index (χ2v) is 8.54. The van der Waals surface area contributed by atoms with Gasteiger partial charge in [-0.1, -0.05) is 29.8 Å². The Morgan fingerprint density at radius 3 is 2.50 bits per heavy atom. The van der Waals surface area contributed by atoms with Gasteiger partial charge in [0.25, 0.3) is 5.91 Å². The van der Waals surface area contributed by atoms with Crippen LogP contribution in [0.1, 0.15) is 15.9 Å². The fourth-order valence-corrected chi connectivity index (χ4v) is 3.50. The maximum absolute atomic E-state index is 13.8. The molecule has 0 aliphatic rings. The molecule has 5 nitrogen and oxygen atoms in total. The van der Waals surface area contributed by atoms with Crippen molar-refractivity contribution in [3.63, 3.8) is 0 Å². The monoisotopic (exact) mass is 418 g/mol. The predicted molar refractivity (Wildman–Crippen MR) is 105 cm³/mol. The number of carbonyl (C=O) groups is 1. The van der Waals surface area contributed by atoms with Gasteiger partial charge in [0.05, 0.1) is 16.2 Å². The predicted octanol–water partition coefficient (Wildman–Crippen LogP) is 3.87. The van der Waals surface area contributed by atoms with Crippen LogP contribution in [-0.2, 0) is 16.4 Å². The molecule has 0 saturated heterocycles. The van der Waals surface area contributed by atoms with E-state index in [9.17, 15) is 17.6 Å². The lowest BCUT2D eigenvalue weighted by Gasteiger charge is -2.09. The van der Waals surface area contributed by atoms with Crippen molar-refractivity contribution in [2.24, 2.45) is 0 Å². The highest BCUT2D eigenvalue weighted by Gasteiger charge is 2.12. The largest absolute Gasteiger partial charge is 0.348 e. The van der Waals surface area contributed by atoms with Gasteiger partial charge in [-0.05, 0) is 42.0 Å². The van der Waals surface area contributed by atoms with E-state index in [2.05, 4.69) is 10.3 Å². The average Bonchev–Trinajstić information content (AvgIpc) is 2.66. The molecular weight excluding hydrogens is 403 g/mol. The summed E-state index contributed by atoms with van der Waals surface area (Å²) in [5, 5.41) is 2.94. The van der Waals surface area contributed by atoms with Crippen LogP contribution in [0, 0.1) is 5.82 Å². The molecule has 144 valence electrons. The first-order chi connectivity index (χ1) is 13.3. The fraction of sp³-hybridized carbons (Fsp3) is 0.100. The van der Waals surface area contributed by atoms with Gasteiger partial charge in [0.15, 0.2) is 9.84 Å². The van der Waals surface area contributed by atoms with Gasteiger partial charge in [-0.15, -0.1) is 0 Å². The zero-order valence-electron chi connectivity index (χ0n) is 14.8. The van der Waals surface area contributed by atoms with Crippen molar-refractivity contribution in [1.29, 1.82) is 0 Å². The van der Waals surface area contributed by atoms with Crippen LogP contribution in [0.4, 0.5) is 4.39 Å². The Bertz CT molecular complexity index is 1130. The van der Waals surface area contributed by atoms with Crippen molar-refractivity contribution in [2.75, 3.05) is 6.26 Å². The number of nitrogens with zero attached hydrogens (tertiary/aromatic N) is 1. The van der Waals surface area contributed by atoms with Crippen LogP contribution in [-0.4, -0.2) is 25.6 Å². The maximum Gasteiger partial charge on any atom is 0.253 e. The van der Waals surface area contributed by atoms with Crippen molar-refractivity contribution in [3.8, 4) is 11.3 Å². The van der Waals surface area contributed by atoms with Crippen LogP contribution in [0.3, 0.4) is 0 Å². The molecule has 3 aromatic rings. The van der Waals surface area contributed by atoms with Crippen LogP contribution in [0.25, 0.3) is 11.3 Å². The molecule has 0 bridgehead atoms. The van der Waals surface area contributed by atoms with E-state index < -0.39 is 9.84 Å². The van der Waals surface area contributed by atoms with E-state index in [-0.39, 0.29) is 28.2 Å². The van der Waals surface area contributed by atoms with Gasteiger partial charge >= 0.3 is 0 Å². The fourth-order valence-electron chi connectivity index (χ4n) is 2.54. The van der Waals surface area contributed by atoms with Crippen molar-refractivity contribution in [3.05, 3.63) is 82.8 Å². The van der Waals surface area contributed by atoms with Crippen LogP contribution in [0.2, 0.25) is 5.02 Å². The molecule has 0 aliphatic carbocycles. The lowest BCUT2D eigenvalue weighted by molar-refractivity contribution is 0.0950. The summed E-state index contributed by atoms with van der Waals surface area (Å²) in [6, 6.07) is 13.7. The van der Waals surface area contributed by atoms with Gasteiger partial charge in [0, 0.05) is 29.6 Å². The number of sulfone groups is 1. The number of hydrogen-bond acceptors (Lipinski definition) is 4. The third-order valence-corrected chi connectivity index (χ3v) is 5.53. The van der Waals surface area contributed by atoms with Gasteiger partial charge in [-0.2, -0.15) is 0 Å². The van der Waals surface area contributed by atoms with Crippen LogP contribution in [0.15, 0.2) is 65.7 Å². The van der Waals surface area contributed by atoms with Crippen molar-refractivity contribution in [2.45, 2.75) is 11.4 Å².